The number of hydrogen-bond acceptors (Lipinski definition) is 1. The van der Waals surface area contributed by atoms with E-state index in [0.29, 0.717) is 0 Å². The molecule has 0 N–H and O–H groups in total. The van der Waals surface area contributed by atoms with E-state index >= 15 is 0 Å². The van der Waals surface area contributed by atoms with Crippen molar-refractivity contribution in [3.8, 4) is 0 Å². The lowest BCUT2D eigenvalue weighted by Gasteiger charge is -2.20. The summed E-state index contributed by atoms with van der Waals surface area (Å²) in [6.07, 6.45) is 0. The first-order valence-electron chi connectivity index (χ1n) is 6.17. The van der Waals surface area contributed by atoms with Crippen LogP contribution in [0.3, 0.4) is 0 Å². The van der Waals surface area contributed by atoms with Gasteiger partial charge in [0.05, 0.1) is 5.38 Å². The van der Waals surface area contributed by atoms with Gasteiger partial charge >= 0.3 is 0 Å². The normalized spacial score (nSPS) is 12.6. The van der Waals surface area contributed by atoms with Gasteiger partial charge in [-0.25, -0.2) is 0 Å². The van der Waals surface area contributed by atoms with E-state index in [4.69, 9.17) is 11.6 Å². The molecule has 0 amide bonds. The van der Waals surface area contributed by atoms with Crippen LogP contribution in [-0.2, 0) is 6.54 Å². The van der Waals surface area contributed by atoms with Gasteiger partial charge in [-0.3, -0.25) is 0 Å². The van der Waals surface area contributed by atoms with Crippen molar-refractivity contribution in [3.05, 3.63) is 71.8 Å². The van der Waals surface area contributed by atoms with Crippen molar-refractivity contribution in [2.45, 2.75) is 11.9 Å². The molecule has 2 aromatic rings. The maximum Gasteiger partial charge on any atom is 0.0712 e. The second-order valence-corrected chi connectivity index (χ2v) is 5.09. The predicted octanol–water partition coefficient (Wildman–Crippen LogP) is 4.10. The number of halogens is 1. The SMILES string of the molecule is CN(Cc1ccccc1)CC(Cl)c1ccccc1. The van der Waals surface area contributed by atoms with Crippen LogP contribution >= 0.6 is 11.6 Å². The van der Waals surface area contributed by atoms with Gasteiger partial charge in [-0.15, -0.1) is 11.6 Å². The average Bonchev–Trinajstić information content (AvgIpc) is 2.40. The first-order chi connectivity index (χ1) is 8.75. The maximum atomic E-state index is 6.43. The molecule has 0 aliphatic carbocycles. The van der Waals surface area contributed by atoms with E-state index < -0.39 is 0 Å². The summed E-state index contributed by atoms with van der Waals surface area (Å²) in [7, 11) is 2.10. The molecule has 0 fully saturated rings. The van der Waals surface area contributed by atoms with Gasteiger partial charge in [0.1, 0.15) is 0 Å². The summed E-state index contributed by atoms with van der Waals surface area (Å²) in [6.45, 7) is 1.78. The minimum atomic E-state index is 0.0416. The van der Waals surface area contributed by atoms with Crippen LogP contribution in [0.25, 0.3) is 0 Å². The molecule has 0 bridgehead atoms. The summed E-state index contributed by atoms with van der Waals surface area (Å²) in [4.78, 5) is 2.25. The third kappa shape index (κ3) is 3.86. The second-order valence-electron chi connectivity index (χ2n) is 4.56. The molecule has 0 radical (unpaired) electrons. The Hall–Kier alpha value is -1.31. The fraction of sp³-hybridized carbons (Fsp3) is 0.250. The topological polar surface area (TPSA) is 3.24 Å². The summed E-state index contributed by atoms with van der Waals surface area (Å²) < 4.78 is 0. The molecule has 1 unspecified atom stereocenters. The van der Waals surface area contributed by atoms with Gasteiger partial charge in [0.2, 0.25) is 0 Å². The number of likely N-dealkylation sites (N-methyl/N-ethyl adjacent to an activating group) is 1. The van der Waals surface area contributed by atoms with Crippen molar-refractivity contribution in [2.75, 3.05) is 13.6 Å². The van der Waals surface area contributed by atoms with Gasteiger partial charge < -0.3 is 4.90 Å². The molecular weight excluding hydrogens is 242 g/mol. The van der Waals surface area contributed by atoms with Crippen LogP contribution in [0.4, 0.5) is 0 Å². The molecule has 0 aliphatic rings. The molecule has 2 aromatic carbocycles. The van der Waals surface area contributed by atoms with Crippen LogP contribution in [0.2, 0.25) is 0 Å². The lowest BCUT2D eigenvalue weighted by atomic mass is 10.1. The van der Waals surface area contributed by atoms with Gasteiger partial charge in [-0.05, 0) is 18.2 Å². The molecule has 1 nitrogen and oxygen atoms in total. The standard InChI is InChI=1S/C16H18ClN/c1-18(12-14-8-4-2-5-9-14)13-16(17)15-10-6-3-7-11-15/h2-11,16H,12-13H2,1H3. The Bertz CT molecular complexity index is 455. The molecule has 0 spiro atoms. The second kappa shape index (κ2) is 6.58. The third-order valence-electron chi connectivity index (χ3n) is 2.93. The summed E-state index contributed by atoms with van der Waals surface area (Å²) in [5.74, 6) is 0. The molecule has 0 aromatic heterocycles. The summed E-state index contributed by atoms with van der Waals surface area (Å²) in [5.41, 5.74) is 2.50. The zero-order valence-corrected chi connectivity index (χ0v) is 11.3. The van der Waals surface area contributed by atoms with Gasteiger partial charge in [0.25, 0.3) is 0 Å². The van der Waals surface area contributed by atoms with Crippen LogP contribution < -0.4 is 0 Å². The minimum Gasteiger partial charge on any atom is -0.300 e. The zero-order chi connectivity index (χ0) is 12.8. The van der Waals surface area contributed by atoms with Crippen molar-refractivity contribution in [1.82, 2.24) is 4.90 Å². The largest absolute Gasteiger partial charge is 0.300 e. The summed E-state index contributed by atoms with van der Waals surface area (Å²) >= 11 is 6.43. The molecule has 2 rings (SSSR count). The maximum absolute atomic E-state index is 6.43. The van der Waals surface area contributed by atoms with Crippen LogP contribution in [0, 0.1) is 0 Å². The van der Waals surface area contributed by atoms with Crippen molar-refractivity contribution in [2.24, 2.45) is 0 Å². The van der Waals surface area contributed by atoms with Crippen LogP contribution in [0.5, 0.6) is 0 Å². The van der Waals surface area contributed by atoms with Crippen molar-refractivity contribution in [1.29, 1.82) is 0 Å². The van der Waals surface area contributed by atoms with E-state index in [2.05, 4.69) is 48.3 Å². The number of alkyl halides is 1. The van der Waals surface area contributed by atoms with Gasteiger partial charge in [-0.1, -0.05) is 60.7 Å². The molecule has 18 heavy (non-hydrogen) atoms. The van der Waals surface area contributed by atoms with Gasteiger partial charge in [0.15, 0.2) is 0 Å². The highest BCUT2D eigenvalue weighted by atomic mass is 35.5. The Morgan fingerprint density at radius 1 is 0.944 bits per heavy atom. The van der Waals surface area contributed by atoms with Crippen molar-refractivity contribution < 1.29 is 0 Å². The first kappa shape index (κ1) is 13.1. The van der Waals surface area contributed by atoms with Crippen molar-refractivity contribution in [3.63, 3.8) is 0 Å². The Labute approximate surface area is 114 Å². The van der Waals surface area contributed by atoms with Crippen molar-refractivity contribution >= 4 is 11.6 Å². The molecular formula is C16H18ClN. The van der Waals surface area contributed by atoms with Crippen LogP contribution in [0.1, 0.15) is 16.5 Å². The highest BCUT2D eigenvalue weighted by molar-refractivity contribution is 6.21. The number of rotatable bonds is 5. The van der Waals surface area contributed by atoms with Gasteiger partial charge in [0, 0.05) is 13.1 Å². The molecule has 0 heterocycles. The van der Waals surface area contributed by atoms with E-state index in [9.17, 15) is 0 Å². The number of nitrogens with zero attached hydrogens (tertiary/aromatic N) is 1. The lowest BCUT2D eigenvalue weighted by molar-refractivity contribution is 0.327. The van der Waals surface area contributed by atoms with E-state index in [1.54, 1.807) is 0 Å². The smallest absolute Gasteiger partial charge is 0.0712 e. The van der Waals surface area contributed by atoms with E-state index in [0.717, 1.165) is 13.1 Å². The van der Waals surface area contributed by atoms with E-state index in [1.807, 2.05) is 24.3 Å². The molecule has 94 valence electrons. The summed E-state index contributed by atoms with van der Waals surface area (Å²) in [5, 5.41) is 0.0416. The van der Waals surface area contributed by atoms with Crippen LogP contribution in [-0.4, -0.2) is 18.5 Å². The fourth-order valence-electron chi connectivity index (χ4n) is 2.00. The van der Waals surface area contributed by atoms with Crippen LogP contribution in [0.15, 0.2) is 60.7 Å². The zero-order valence-electron chi connectivity index (χ0n) is 10.6. The highest BCUT2D eigenvalue weighted by Gasteiger charge is 2.10. The summed E-state index contributed by atoms with van der Waals surface area (Å²) in [6, 6.07) is 20.7. The Kier molecular flexibility index (Phi) is 4.80. The lowest BCUT2D eigenvalue weighted by Crippen LogP contribution is -2.22. The fourth-order valence-corrected chi connectivity index (χ4v) is 2.38. The highest BCUT2D eigenvalue weighted by Crippen LogP contribution is 2.21. The van der Waals surface area contributed by atoms with Gasteiger partial charge in [-0.2, -0.15) is 0 Å². The van der Waals surface area contributed by atoms with E-state index in [-0.39, 0.29) is 5.38 Å². The predicted molar refractivity (Wildman–Crippen MR) is 77.8 cm³/mol. The molecule has 0 aliphatic heterocycles. The Morgan fingerprint density at radius 3 is 2.11 bits per heavy atom. The average molecular weight is 260 g/mol. The Morgan fingerprint density at radius 2 is 1.50 bits per heavy atom. The monoisotopic (exact) mass is 259 g/mol. The minimum absolute atomic E-state index is 0.0416. The molecule has 0 saturated carbocycles. The van der Waals surface area contributed by atoms with E-state index in [1.165, 1.54) is 11.1 Å². The molecule has 2 heteroatoms. The third-order valence-corrected chi connectivity index (χ3v) is 3.32. The quantitative estimate of drug-likeness (QED) is 0.731. The number of benzene rings is 2. The molecule has 0 saturated heterocycles. The Balaban J connectivity index is 1.90. The number of hydrogen-bond donors (Lipinski definition) is 0. The first-order valence-corrected chi connectivity index (χ1v) is 6.61. The molecule has 1 atom stereocenters.